The van der Waals surface area contributed by atoms with Crippen molar-refractivity contribution in [1.29, 1.82) is 0 Å². The quantitative estimate of drug-likeness (QED) is 0.459. The van der Waals surface area contributed by atoms with Crippen molar-refractivity contribution >= 4 is 16.8 Å². The maximum absolute atomic E-state index is 15.1. The number of hydrogen-bond donors (Lipinski definition) is 1. The van der Waals surface area contributed by atoms with Crippen LogP contribution in [0.25, 0.3) is 22.0 Å². The number of halogens is 3. The molecule has 5 nitrogen and oxygen atoms in total. The number of fused-ring (bicyclic) bond motifs is 2. The molecule has 2 heterocycles. The first-order valence-electron chi connectivity index (χ1n) is 10.8. The van der Waals surface area contributed by atoms with Gasteiger partial charge in [-0.05, 0) is 48.7 Å². The number of carbonyl (C=O) groups excluding carboxylic acids is 1. The van der Waals surface area contributed by atoms with Crippen LogP contribution in [-0.2, 0) is 25.7 Å². The van der Waals surface area contributed by atoms with Crippen LogP contribution >= 0.6 is 0 Å². The molecule has 3 aromatic carbocycles. The average molecular weight is 465 g/mol. The number of hydrogen-bond acceptors (Lipinski definition) is 3. The lowest BCUT2D eigenvalue weighted by Crippen LogP contribution is -2.25. The number of aryl methyl sites for hydroxylation is 1. The lowest BCUT2D eigenvalue weighted by Gasteiger charge is -2.20. The minimum atomic E-state index is -1.15. The summed E-state index contributed by atoms with van der Waals surface area (Å²) in [6, 6.07) is 10.2. The fourth-order valence-corrected chi connectivity index (χ4v) is 4.57. The molecule has 0 saturated heterocycles. The van der Waals surface area contributed by atoms with Gasteiger partial charge in [-0.15, -0.1) is 0 Å². The molecule has 0 fully saturated rings. The largest absolute Gasteiger partial charge is 0.386 e. The van der Waals surface area contributed by atoms with Crippen molar-refractivity contribution < 1.29 is 23.1 Å². The first kappa shape index (κ1) is 22.2. The Morgan fingerprint density at radius 3 is 2.41 bits per heavy atom. The molecule has 4 aromatic rings. The zero-order chi connectivity index (χ0) is 24.4. The van der Waals surface area contributed by atoms with E-state index in [0.717, 1.165) is 0 Å². The van der Waals surface area contributed by atoms with Gasteiger partial charge < -0.3 is 10.0 Å². The maximum Gasteiger partial charge on any atom is 0.257 e. The Kier molecular flexibility index (Phi) is 5.02. The van der Waals surface area contributed by atoms with Crippen molar-refractivity contribution in [2.24, 2.45) is 7.05 Å². The topological polar surface area (TPSA) is 58.4 Å². The Labute approximate surface area is 194 Å². The summed E-state index contributed by atoms with van der Waals surface area (Å²) in [5.74, 6) is -2.84. The number of rotatable bonds is 4. The molecule has 174 valence electrons. The van der Waals surface area contributed by atoms with E-state index in [1.165, 1.54) is 29.2 Å². The van der Waals surface area contributed by atoms with Gasteiger partial charge in [0.2, 0.25) is 0 Å². The third-order valence-corrected chi connectivity index (χ3v) is 6.21. The molecule has 1 aliphatic rings. The van der Waals surface area contributed by atoms with Crippen molar-refractivity contribution in [3.05, 3.63) is 88.4 Å². The zero-order valence-electron chi connectivity index (χ0n) is 18.9. The summed E-state index contributed by atoms with van der Waals surface area (Å²) >= 11 is 0. The van der Waals surface area contributed by atoms with Gasteiger partial charge in [-0.25, -0.2) is 13.2 Å². The van der Waals surface area contributed by atoms with Gasteiger partial charge in [0.05, 0.1) is 23.2 Å². The smallest absolute Gasteiger partial charge is 0.257 e. The first-order valence-corrected chi connectivity index (χ1v) is 10.8. The number of benzene rings is 3. The molecule has 0 aliphatic carbocycles. The number of aromatic nitrogens is 2. The van der Waals surface area contributed by atoms with Gasteiger partial charge in [0.15, 0.2) is 0 Å². The van der Waals surface area contributed by atoms with Crippen molar-refractivity contribution in [2.45, 2.75) is 32.5 Å². The Morgan fingerprint density at radius 2 is 1.76 bits per heavy atom. The molecule has 0 bridgehead atoms. The van der Waals surface area contributed by atoms with Crippen molar-refractivity contribution in [1.82, 2.24) is 14.7 Å². The number of nitrogens with zero attached hydrogens (tertiary/aromatic N) is 3. The predicted octanol–water partition coefficient (Wildman–Crippen LogP) is 5.04. The van der Waals surface area contributed by atoms with E-state index in [1.807, 2.05) is 0 Å². The van der Waals surface area contributed by atoms with E-state index < -0.39 is 29.0 Å². The van der Waals surface area contributed by atoms with Gasteiger partial charge in [0.1, 0.15) is 17.5 Å². The molecule has 5 rings (SSSR count). The summed E-state index contributed by atoms with van der Waals surface area (Å²) in [4.78, 5) is 13.8. The van der Waals surface area contributed by atoms with E-state index >= 15 is 8.78 Å². The molecule has 0 saturated carbocycles. The molecule has 34 heavy (non-hydrogen) atoms. The molecule has 1 N–H and O–H groups in total. The van der Waals surface area contributed by atoms with E-state index in [9.17, 15) is 14.3 Å². The molecule has 0 atom stereocenters. The highest BCUT2D eigenvalue weighted by atomic mass is 19.1. The molecule has 1 amide bonds. The molecular weight excluding hydrogens is 443 g/mol. The summed E-state index contributed by atoms with van der Waals surface area (Å²) in [7, 11) is 1.73. The third kappa shape index (κ3) is 3.54. The van der Waals surface area contributed by atoms with Crippen molar-refractivity contribution in [3.8, 4) is 11.1 Å². The fraction of sp³-hybridized carbons (Fsp3) is 0.231. The monoisotopic (exact) mass is 465 g/mol. The van der Waals surface area contributed by atoms with Gasteiger partial charge in [0, 0.05) is 36.3 Å². The van der Waals surface area contributed by atoms with Gasteiger partial charge in [0.25, 0.3) is 5.91 Å². The molecule has 1 aromatic heterocycles. The van der Waals surface area contributed by atoms with E-state index in [0.29, 0.717) is 33.2 Å². The minimum absolute atomic E-state index is 0.0502. The zero-order valence-corrected chi connectivity index (χ0v) is 18.9. The Morgan fingerprint density at radius 1 is 1.06 bits per heavy atom. The lowest BCUT2D eigenvalue weighted by molar-refractivity contribution is 0.0759. The molecule has 8 heteroatoms. The van der Waals surface area contributed by atoms with Crippen LogP contribution < -0.4 is 0 Å². The van der Waals surface area contributed by atoms with Gasteiger partial charge in [-0.3, -0.25) is 9.48 Å². The Bertz CT molecular complexity index is 1450. The Balaban J connectivity index is 1.52. The normalized spacial score (nSPS) is 13.7. The molecule has 1 aliphatic heterocycles. The van der Waals surface area contributed by atoms with Crippen LogP contribution in [0.2, 0.25) is 0 Å². The van der Waals surface area contributed by atoms with Crippen molar-refractivity contribution in [3.63, 3.8) is 0 Å². The van der Waals surface area contributed by atoms with Crippen LogP contribution in [0, 0.1) is 17.5 Å². The first-order chi connectivity index (χ1) is 16.0. The SMILES string of the molecule is Cn1cc2c(-c3cc(F)c(CN4Cc5cccc(F)c5C4=O)c(F)c3)ccc(C(C)(C)O)c2n1. The second-order valence-corrected chi connectivity index (χ2v) is 9.14. The predicted molar refractivity (Wildman–Crippen MR) is 121 cm³/mol. The fourth-order valence-electron chi connectivity index (χ4n) is 4.57. The summed E-state index contributed by atoms with van der Waals surface area (Å²) in [6.07, 6.45) is 1.73. The number of carbonyl (C=O) groups is 1. The van der Waals surface area contributed by atoms with Gasteiger partial charge in [-0.1, -0.05) is 24.3 Å². The van der Waals surface area contributed by atoms with E-state index in [1.54, 1.807) is 50.0 Å². The molecule has 0 unspecified atom stereocenters. The van der Waals surface area contributed by atoms with Gasteiger partial charge in [-0.2, -0.15) is 5.10 Å². The summed E-state index contributed by atoms with van der Waals surface area (Å²) in [5.41, 5.74) is 1.04. The van der Waals surface area contributed by atoms with E-state index in [-0.39, 0.29) is 24.2 Å². The summed E-state index contributed by atoms with van der Waals surface area (Å²) in [6.45, 7) is 3.06. The number of amides is 1. The van der Waals surface area contributed by atoms with Crippen LogP contribution in [-0.4, -0.2) is 25.7 Å². The molecule has 0 radical (unpaired) electrons. The molecule has 0 spiro atoms. The summed E-state index contributed by atoms with van der Waals surface area (Å²) in [5, 5.41) is 15.6. The van der Waals surface area contributed by atoms with Crippen LogP contribution in [0.1, 0.15) is 40.9 Å². The second-order valence-electron chi connectivity index (χ2n) is 9.14. The van der Waals surface area contributed by atoms with Crippen molar-refractivity contribution in [2.75, 3.05) is 0 Å². The highest BCUT2D eigenvalue weighted by Gasteiger charge is 2.31. The van der Waals surface area contributed by atoms with E-state index in [2.05, 4.69) is 5.10 Å². The highest BCUT2D eigenvalue weighted by molar-refractivity contribution is 5.99. The summed E-state index contributed by atoms with van der Waals surface area (Å²) < 4.78 is 45.9. The number of aliphatic hydroxyl groups is 1. The maximum atomic E-state index is 15.1. The van der Waals surface area contributed by atoms with Crippen LogP contribution in [0.15, 0.2) is 48.7 Å². The second kappa shape index (κ2) is 7.70. The molecular formula is C26H22F3N3O2. The highest BCUT2D eigenvalue weighted by Crippen LogP contribution is 2.36. The van der Waals surface area contributed by atoms with Crippen LogP contribution in [0.3, 0.4) is 0 Å². The van der Waals surface area contributed by atoms with Gasteiger partial charge >= 0.3 is 0 Å². The lowest BCUT2D eigenvalue weighted by atomic mass is 9.91. The minimum Gasteiger partial charge on any atom is -0.386 e. The average Bonchev–Trinajstić information content (AvgIpc) is 3.29. The van der Waals surface area contributed by atoms with E-state index in [4.69, 9.17) is 0 Å². The standard InChI is InChI=1S/C26H22F3N3O2/c1-26(2,34)19-8-7-16(17-12-31(3)30-24(17)19)15-9-21(28)18(22(29)10-15)13-32-11-14-5-4-6-20(27)23(14)25(32)33/h4-10,12,34H,11,13H2,1-3H3. The Hall–Kier alpha value is -3.65. The van der Waals surface area contributed by atoms with Crippen LogP contribution in [0.5, 0.6) is 0 Å². The van der Waals surface area contributed by atoms with Crippen LogP contribution in [0.4, 0.5) is 13.2 Å². The third-order valence-electron chi connectivity index (χ3n) is 6.21.